The number of alkyl halides is 3. The highest BCUT2D eigenvalue weighted by Crippen LogP contribution is 2.30. The van der Waals surface area contributed by atoms with Crippen LogP contribution in [0.3, 0.4) is 0 Å². The zero-order chi connectivity index (χ0) is 14.6. The Morgan fingerprint density at radius 1 is 1.35 bits per heavy atom. The second kappa shape index (κ2) is 6.44. The zero-order valence-corrected chi connectivity index (χ0v) is 11.6. The molecule has 0 radical (unpaired) electrons. The van der Waals surface area contributed by atoms with E-state index < -0.39 is 11.7 Å². The minimum Gasteiger partial charge on any atom is -0.310 e. The van der Waals surface area contributed by atoms with Crippen LogP contribution in [0, 0.1) is 5.92 Å². The molecule has 1 fully saturated rings. The van der Waals surface area contributed by atoms with Crippen LogP contribution in [0.1, 0.15) is 37.3 Å². The van der Waals surface area contributed by atoms with Crippen LogP contribution < -0.4 is 5.32 Å². The Labute approximate surface area is 117 Å². The van der Waals surface area contributed by atoms with E-state index in [4.69, 9.17) is 0 Å². The van der Waals surface area contributed by atoms with Gasteiger partial charge in [-0.1, -0.05) is 37.6 Å². The molecule has 0 spiro atoms. The van der Waals surface area contributed by atoms with Gasteiger partial charge in [0.2, 0.25) is 0 Å². The lowest BCUT2D eigenvalue weighted by Crippen LogP contribution is -2.36. The third kappa shape index (κ3) is 4.10. The van der Waals surface area contributed by atoms with Gasteiger partial charge in [-0.2, -0.15) is 13.2 Å². The molecule has 0 amide bonds. The summed E-state index contributed by atoms with van der Waals surface area (Å²) in [5.41, 5.74) is 0.00272. The van der Waals surface area contributed by atoms with Gasteiger partial charge in [0.25, 0.3) is 0 Å². The summed E-state index contributed by atoms with van der Waals surface area (Å²) in [5.74, 6) is 0.715. The van der Waals surface area contributed by atoms with Gasteiger partial charge in [0.1, 0.15) is 0 Å². The van der Waals surface area contributed by atoms with Crippen LogP contribution in [0.2, 0.25) is 0 Å². The average molecular weight is 283 g/mol. The summed E-state index contributed by atoms with van der Waals surface area (Å²) in [4.78, 5) is 0. The first-order chi connectivity index (χ1) is 9.49. The van der Waals surface area contributed by atoms with Crippen LogP contribution in [0.4, 0.5) is 13.2 Å². The molecule has 1 N–H and O–H groups in total. The van der Waals surface area contributed by atoms with E-state index in [1.165, 1.54) is 18.6 Å². The third-order valence-corrected chi connectivity index (χ3v) is 3.86. The van der Waals surface area contributed by atoms with E-state index in [9.17, 15) is 13.2 Å². The Bertz CT molecular complexity index is 465. The summed E-state index contributed by atoms with van der Waals surface area (Å²) in [6, 6.07) is 5.71. The van der Waals surface area contributed by atoms with Crippen molar-refractivity contribution in [3.05, 3.63) is 41.5 Å². The predicted octanol–water partition coefficient (Wildman–Crippen LogP) is 4.50. The van der Waals surface area contributed by atoms with Gasteiger partial charge in [-0.15, -0.1) is 0 Å². The van der Waals surface area contributed by atoms with Crippen LogP contribution in [0.5, 0.6) is 0 Å². The highest BCUT2D eigenvalue weighted by atomic mass is 19.4. The molecule has 2 rings (SSSR count). The highest BCUT2D eigenvalue weighted by molar-refractivity contribution is 5.51. The summed E-state index contributed by atoms with van der Waals surface area (Å²) in [5, 5.41) is 3.39. The fraction of sp³-hybridized carbons (Fsp3) is 0.500. The van der Waals surface area contributed by atoms with Crippen molar-refractivity contribution in [2.24, 2.45) is 5.92 Å². The monoisotopic (exact) mass is 283 g/mol. The highest BCUT2D eigenvalue weighted by Gasteiger charge is 2.30. The lowest BCUT2D eigenvalue weighted by molar-refractivity contribution is -0.137. The van der Waals surface area contributed by atoms with E-state index in [1.807, 2.05) is 6.08 Å². The molecule has 1 aromatic carbocycles. The second-order valence-electron chi connectivity index (χ2n) is 5.34. The van der Waals surface area contributed by atoms with Crippen LogP contribution >= 0.6 is 0 Å². The summed E-state index contributed by atoms with van der Waals surface area (Å²) >= 11 is 0. The Morgan fingerprint density at radius 2 is 2.15 bits per heavy atom. The van der Waals surface area contributed by atoms with E-state index in [0.29, 0.717) is 11.5 Å². The molecule has 2 atom stereocenters. The summed E-state index contributed by atoms with van der Waals surface area (Å²) in [6.07, 6.45) is 2.90. The van der Waals surface area contributed by atoms with Gasteiger partial charge in [-0.25, -0.2) is 0 Å². The van der Waals surface area contributed by atoms with Gasteiger partial charge >= 0.3 is 6.18 Å². The minimum atomic E-state index is -4.28. The zero-order valence-electron chi connectivity index (χ0n) is 11.6. The van der Waals surface area contributed by atoms with Crippen molar-refractivity contribution in [3.8, 4) is 0 Å². The van der Waals surface area contributed by atoms with Crippen LogP contribution in [-0.4, -0.2) is 12.6 Å². The van der Waals surface area contributed by atoms with E-state index in [2.05, 4.69) is 12.2 Å². The molecule has 0 aromatic heterocycles. The first kappa shape index (κ1) is 15.1. The van der Waals surface area contributed by atoms with Gasteiger partial charge in [0.15, 0.2) is 0 Å². The number of benzene rings is 1. The smallest absolute Gasteiger partial charge is 0.310 e. The summed E-state index contributed by atoms with van der Waals surface area (Å²) in [6.45, 7) is 3.17. The van der Waals surface area contributed by atoms with Gasteiger partial charge in [-0.05, 0) is 43.0 Å². The maximum atomic E-state index is 12.6. The van der Waals surface area contributed by atoms with Gasteiger partial charge in [0.05, 0.1) is 5.56 Å². The lowest BCUT2D eigenvalue weighted by Gasteiger charge is -2.27. The molecule has 1 aliphatic rings. The quantitative estimate of drug-likeness (QED) is 0.861. The van der Waals surface area contributed by atoms with Crippen LogP contribution in [0.15, 0.2) is 30.3 Å². The van der Waals surface area contributed by atoms with Crippen molar-refractivity contribution in [1.29, 1.82) is 0 Å². The van der Waals surface area contributed by atoms with Crippen LogP contribution in [0.25, 0.3) is 6.08 Å². The number of nitrogens with one attached hydrogen (secondary N) is 1. The molecule has 1 aromatic rings. The van der Waals surface area contributed by atoms with Crippen molar-refractivity contribution in [1.82, 2.24) is 5.32 Å². The molecule has 4 heteroatoms. The van der Waals surface area contributed by atoms with E-state index >= 15 is 0 Å². The molecule has 0 bridgehead atoms. The summed E-state index contributed by atoms with van der Waals surface area (Å²) in [7, 11) is 0. The largest absolute Gasteiger partial charge is 0.416 e. The van der Waals surface area contributed by atoms with Gasteiger partial charge in [0, 0.05) is 6.04 Å². The molecule has 1 aliphatic heterocycles. The molecule has 110 valence electrons. The standard InChI is InChI=1S/C16H20F3N/c1-2-12-8-9-20-15(11-12)7-6-13-4-3-5-14(10-13)16(17,18)19/h3-7,10,12,15,20H,2,8-9,11H2,1H3/b7-6+. The van der Waals surface area contributed by atoms with Crippen molar-refractivity contribution in [3.63, 3.8) is 0 Å². The molecule has 0 aliphatic carbocycles. The molecule has 1 saturated heterocycles. The molecule has 20 heavy (non-hydrogen) atoms. The average Bonchev–Trinajstić information content (AvgIpc) is 2.45. The van der Waals surface area contributed by atoms with Gasteiger partial charge < -0.3 is 5.32 Å². The Hall–Kier alpha value is -1.29. The van der Waals surface area contributed by atoms with Crippen molar-refractivity contribution in [2.75, 3.05) is 6.54 Å². The number of hydrogen-bond donors (Lipinski definition) is 1. The first-order valence-corrected chi connectivity index (χ1v) is 7.08. The SMILES string of the molecule is CCC1CCNC(/C=C/c2cccc(C(F)(F)F)c2)C1. The number of piperidine rings is 1. The summed E-state index contributed by atoms with van der Waals surface area (Å²) < 4.78 is 37.9. The van der Waals surface area contributed by atoms with Crippen molar-refractivity contribution in [2.45, 2.75) is 38.4 Å². The molecule has 1 heterocycles. The maximum Gasteiger partial charge on any atom is 0.416 e. The minimum absolute atomic E-state index is 0.267. The Kier molecular flexibility index (Phi) is 4.86. The normalized spacial score (nSPS) is 24.2. The maximum absolute atomic E-state index is 12.6. The molecule has 0 saturated carbocycles. The van der Waals surface area contributed by atoms with E-state index in [1.54, 1.807) is 12.1 Å². The number of hydrogen-bond acceptors (Lipinski definition) is 1. The molecule has 2 unspecified atom stereocenters. The molecule has 1 nitrogen and oxygen atoms in total. The van der Waals surface area contributed by atoms with Crippen molar-refractivity contribution < 1.29 is 13.2 Å². The molecular formula is C16H20F3N. The fourth-order valence-corrected chi connectivity index (χ4v) is 2.60. The van der Waals surface area contributed by atoms with Gasteiger partial charge in [-0.3, -0.25) is 0 Å². The topological polar surface area (TPSA) is 12.0 Å². The Balaban J connectivity index is 2.04. The third-order valence-electron chi connectivity index (χ3n) is 3.86. The first-order valence-electron chi connectivity index (χ1n) is 7.08. The number of rotatable bonds is 3. The van der Waals surface area contributed by atoms with E-state index in [-0.39, 0.29) is 6.04 Å². The Morgan fingerprint density at radius 3 is 2.85 bits per heavy atom. The van der Waals surface area contributed by atoms with Crippen molar-refractivity contribution >= 4 is 6.08 Å². The predicted molar refractivity (Wildman–Crippen MR) is 75.3 cm³/mol. The van der Waals surface area contributed by atoms with E-state index in [0.717, 1.165) is 25.5 Å². The second-order valence-corrected chi connectivity index (χ2v) is 5.34. The number of halogens is 3. The van der Waals surface area contributed by atoms with Crippen LogP contribution in [-0.2, 0) is 6.18 Å². The lowest BCUT2D eigenvalue weighted by atomic mass is 9.90. The molecular weight excluding hydrogens is 263 g/mol. The fourth-order valence-electron chi connectivity index (χ4n) is 2.60.